The zero-order valence-electron chi connectivity index (χ0n) is 7.49. The Morgan fingerprint density at radius 2 is 2.08 bits per heavy atom. The van der Waals surface area contributed by atoms with Crippen molar-refractivity contribution in [1.29, 1.82) is 0 Å². The third kappa shape index (κ3) is 2.76. The lowest BCUT2D eigenvalue weighted by Crippen LogP contribution is -2.04. The Kier molecular flexibility index (Phi) is 4.54. The van der Waals surface area contributed by atoms with Crippen LogP contribution in [-0.2, 0) is 4.74 Å². The minimum absolute atomic E-state index is 0. The van der Waals surface area contributed by atoms with Gasteiger partial charge in [0.1, 0.15) is 11.3 Å². The molecule has 0 unspecified atom stereocenters. The predicted molar refractivity (Wildman–Crippen MR) is 49.1 cm³/mol. The van der Waals surface area contributed by atoms with E-state index in [1.54, 1.807) is 19.1 Å². The van der Waals surface area contributed by atoms with Crippen LogP contribution in [0, 0.1) is 0 Å². The molecule has 0 aliphatic carbocycles. The van der Waals surface area contributed by atoms with E-state index < -0.39 is 5.97 Å². The molecule has 1 rings (SSSR count). The molecule has 1 aromatic rings. The van der Waals surface area contributed by atoms with E-state index in [0.717, 1.165) is 0 Å². The summed E-state index contributed by atoms with van der Waals surface area (Å²) in [6.45, 7) is 2.03. The van der Waals surface area contributed by atoms with E-state index in [-0.39, 0.29) is 17.5 Å². The maximum atomic E-state index is 11.1. The van der Waals surface area contributed by atoms with Crippen LogP contribution in [-0.4, -0.2) is 17.7 Å². The fourth-order valence-corrected chi connectivity index (χ4v) is 0.855. The molecule has 4 N–H and O–H groups in total. The molecule has 0 aromatic heterocycles. The van der Waals surface area contributed by atoms with Crippen LogP contribution in [0.25, 0.3) is 0 Å². The van der Waals surface area contributed by atoms with Gasteiger partial charge in [0, 0.05) is 0 Å². The first-order chi connectivity index (χ1) is 5.75. The van der Waals surface area contributed by atoms with E-state index in [1.165, 1.54) is 12.1 Å². The van der Waals surface area contributed by atoms with Gasteiger partial charge in [-0.15, -0.1) is 0 Å². The number of hydrogen-bond donors (Lipinski definition) is 2. The van der Waals surface area contributed by atoms with Gasteiger partial charge in [0.05, 0.1) is 6.61 Å². The van der Waals surface area contributed by atoms with E-state index in [4.69, 9.17) is 4.74 Å². The van der Waals surface area contributed by atoms with Crippen LogP contribution in [0.2, 0.25) is 0 Å². The van der Waals surface area contributed by atoms with Crippen molar-refractivity contribution >= 4 is 5.97 Å². The number of carbonyl (C=O) groups excluding carboxylic acids is 1. The number of hydrogen-bond acceptors (Lipinski definition) is 4. The molecule has 0 amide bonds. The minimum Gasteiger partial charge on any atom is -0.507 e. The zero-order valence-corrected chi connectivity index (χ0v) is 7.49. The van der Waals surface area contributed by atoms with Crippen LogP contribution in [0.15, 0.2) is 24.3 Å². The molecule has 4 nitrogen and oxygen atoms in total. The van der Waals surface area contributed by atoms with Crippen LogP contribution >= 0.6 is 0 Å². The van der Waals surface area contributed by atoms with Crippen molar-refractivity contribution in [2.24, 2.45) is 0 Å². The fraction of sp³-hybridized carbons (Fsp3) is 0.222. The van der Waals surface area contributed by atoms with Crippen LogP contribution < -0.4 is 6.15 Å². The van der Waals surface area contributed by atoms with Gasteiger partial charge in [-0.3, -0.25) is 0 Å². The smallest absolute Gasteiger partial charge is 0.341 e. The first-order valence-corrected chi connectivity index (χ1v) is 3.70. The lowest BCUT2D eigenvalue weighted by Gasteiger charge is -2.02. The summed E-state index contributed by atoms with van der Waals surface area (Å²) < 4.78 is 4.71. The number of aromatic hydroxyl groups is 1. The molecular weight excluding hydrogens is 170 g/mol. The van der Waals surface area contributed by atoms with E-state index in [9.17, 15) is 9.90 Å². The lowest BCUT2D eigenvalue weighted by atomic mass is 10.2. The average Bonchev–Trinajstić information content (AvgIpc) is 2.05. The van der Waals surface area contributed by atoms with Crippen molar-refractivity contribution in [1.82, 2.24) is 6.15 Å². The highest BCUT2D eigenvalue weighted by Crippen LogP contribution is 2.16. The topological polar surface area (TPSA) is 81.5 Å². The summed E-state index contributed by atoms with van der Waals surface area (Å²) in [4.78, 5) is 11.1. The number of ether oxygens (including phenoxy) is 1. The molecule has 0 radical (unpaired) electrons. The number of para-hydroxylation sites is 1. The molecule has 0 fully saturated rings. The first-order valence-electron chi connectivity index (χ1n) is 3.70. The third-order valence-electron chi connectivity index (χ3n) is 1.40. The molecule has 0 atom stereocenters. The van der Waals surface area contributed by atoms with Gasteiger partial charge in [0.25, 0.3) is 0 Å². The number of benzene rings is 1. The second kappa shape index (κ2) is 5.16. The molecule has 0 aliphatic heterocycles. The highest BCUT2D eigenvalue weighted by Gasteiger charge is 2.09. The van der Waals surface area contributed by atoms with Crippen LogP contribution in [0.4, 0.5) is 0 Å². The number of rotatable bonds is 2. The number of carbonyl (C=O) groups is 1. The molecule has 0 heterocycles. The zero-order chi connectivity index (χ0) is 8.97. The lowest BCUT2D eigenvalue weighted by molar-refractivity contribution is 0.0523. The summed E-state index contributed by atoms with van der Waals surface area (Å²) in [5, 5.41) is 9.21. The van der Waals surface area contributed by atoms with Crippen LogP contribution in [0.5, 0.6) is 5.75 Å². The van der Waals surface area contributed by atoms with Gasteiger partial charge in [0.15, 0.2) is 0 Å². The fourth-order valence-electron chi connectivity index (χ4n) is 0.855. The molecule has 13 heavy (non-hydrogen) atoms. The van der Waals surface area contributed by atoms with Gasteiger partial charge >= 0.3 is 5.97 Å². The summed E-state index contributed by atoms with van der Waals surface area (Å²) in [6.07, 6.45) is 0. The molecular formula is C9H13NO3. The average molecular weight is 183 g/mol. The standard InChI is InChI=1S/C9H10O3.H3N/c1-2-12-9(11)7-5-3-4-6-8(7)10;/h3-6,10H,2H2,1H3;1H3. The SMILES string of the molecule is CCOC(=O)c1ccccc1O.N. The second-order valence-corrected chi connectivity index (χ2v) is 2.24. The number of esters is 1. The van der Waals surface area contributed by atoms with Crippen molar-refractivity contribution in [3.63, 3.8) is 0 Å². The Morgan fingerprint density at radius 3 is 2.62 bits per heavy atom. The Labute approximate surface area is 76.7 Å². The van der Waals surface area contributed by atoms with E-state index in [2.05, 4.69) is 0 Å². The Morgan fingerprint density at radius 1 is 1.46 bits per heavy atom. The molecule has 0 aliphatic rings. The minimum atomic E-state index is -0.490. The van der Waals surface area contributed by atoms with Gasteiger partial charge < -0.3 is 16.0 Å². The summed E-state index contributed by atoms with van der Waals surface area (Å²) in [7, 11) is 0. The number of phenols is 1. The molecule has 4 heteroatoms. The molecule has 0 saturated heterocycles. The molecule has 0 spiro atoms. The quantitative estimate of drug-likeness (QED) is 0.684. The van der Waals surface area contributed by atoms with Gasteiger partial charge in [-0.05, 0) is 19.1 Å². The summed E-state index contributed by atoms with van der Waals surface area (Å²) >= 11 is 0. The molecule has 0 saturated carbocycles. The Hall–Kier alpha value is -1.55. The third-order valence-corrected chi connectivity index (χ3v) is 1.40. The van der Waals surface area contributed by atoms with Crippen LogP contribution in [0.3, 0.4) is 0 Å². The monoisotopic (exact) mass is 183 g/mol. The Bertz CT molecular complexity index is 286. The molecule has 72 valence electrons. The highest BCUT2D eigenvalue weighted by molar-refractivity contribution is 5.92. The van der Waals surface area contributed by atoms with Crippen molar-refractivity contribution in [2.75, 3.05) is 6.61 Å². The maximum absolute atomic E-state index is 11.1. The van der Waals surface area contributed by atoms with E-state index in [1.807, 2.05) is 0 Å². The highest BCUT2D eigenvalue weighted by atomic mass is 16.5. The summed E-state index contributed by atoms with van der Waals surface area (Å²) in [5.41, 5.74) is 0.208. The van der Waals surface area contributed by atoms with Gasteiger partial charge in [-0.25, -0.2) is 4.79 Å². The molecule has 1 aromatic carbocycles. The van der Waals surface area contributed by atoms with Crippen molar-refractivity contribution < 1.29 is 14.6 Å². The van der Waals surface area contributed by atoms with Gasteiger partial charge in [0.2, 0.25) is 0 Å². The first kappa shape index (κ1) is 11.4. The second-order valence-electron chi connectivity index (χ2n) is 2.24. The van der Waals surface area contributed by atoms with Gasteiger partial charge in [-0.2, -0.15) is 0 Å². The van der Waals surface area contributed by atoms with Crippen molar-refractivity contribution in [2.45, 2.75) is 6.92 Å². The van der Waals surface area contributed by atoms with E-state index in [0.29, 0.717) is 6.61 Å². The Balaban J connectivity index is 0.00000144. The summed E-state index contributed by atoms with van der Waals surface area (Å²) in [6, 6.07) is 6.30. The molecule has 0 bridgehead atoms. The predicted octanol–water partition coefficient (Wildman–Crippen LogP) is 1.73. The van der Waals surface area contributed by atoms with E-state index >= 15 is 0 Å². The van der Waals surface area contributed by atoms with Crippen molar-refractivity contribution in [3.05, 3.63) is 29.8 Å². The normalized spacial score (nSPS) is 8.69. The number of phenolic OH excluding ortho intramolecular Hbond substituents is 1. The van der Waals surface area contributed by atoms with Crippen LogP contribution in [0.1, 0.15) is 17.3 Å². The summed E-state index contributed by atoms with van der Waals surface area (Å²) in [5.74, 6) is -0.536. The largest absolute Gasteiger partial charge is 0.507 e. The van der Waals surface area contributed by atoms with Gasteiger partial charge in [-0.1, -0.05) is 12.1 Å². The maximum Gasteiger partial charge on any atom is 0.341 e. The van der Waals surface area contributed by atoms with Crippen molar-refractivity contribution in [3.8, 4) is 5.75 Å².